The summed E-state index contributed by atoms with van der Waals surface area (Å²) in [6.45, 7) is 6.22. The van der Waals surface area contributed by atoms with Crippen molar-refractivity contribution in [2.45, 2.75) is 19.4 Å². The maximum atomic E-state index is 13.7. The molecule has 1 aromatic heterocycles. The Hall–Kier alpha value is -1.23. The van der Waals surface area contributed by atoms with Gasteiger partial charge in [0.2, 0.25) is 0 Å². The van der Waals surface area contributed by atoms with Gasteiger partial charge in [0.1, 0.15) is 5.82 Å². The van der Waals surface area contributed by atoms with Crippen LogP contribution in [0.2, 0.25) is 0 Å². The lowest BCUT2D eigenvalue weighted by Crippen LogP contribution is -2.32. The molecule has 1 unspecified atom stereocenters. The van der Waals surface area contributed by atoms with E-state index in [4.69, 9.17) is 0 Å². The summed E-state index contributed by atoms with van der Waals surface area (Å²) in [4.78, 5) is 3.78. The van der Waals surface area contributed by atoms with Crippen LogP contribution < -0.4 is 5.32 Å². The average Bonchev–Trinajstić information content (AvgIpc) is 2.73. The molecule has 21 heavy (non-hydrogen) atoms. The molecule has 0 bridgehead atoms. The van der Waals surface area contributed by atoms with E-state index in [9.17, 15) is 4.39 Å². The Morgan fingerprint density at radius 1 is 1.24 bits per heavy atom. The number of nitrogens with zero attached hydrogens (tertiary/aromatic N) is 1. The number of hydrogen-bond donors (Lipinski definition) is 1. The number of nitrogens with one attached hydrogen (secondary N) is 1. The zero-order valence-electron chi connectivity index (χ0n) is 12.3. The second-order valence-electron chi connectivity index (χ2n) is 5.62. The van der Waals surface area contributed by atoms with E-state index in [0.29, 0.717) is 0 Å². The predicted molar refractivity (Wildman–Crippen MR) is 86.4 cm³/mol. The summed E-state index contributed by atoms with van der Waals surface area (Å²) in [6.07, 6.45) is 1.14. The summed E-state index contributed by atoms with van der Waals surface area (Å²) in [5, 5.41) is 5.62. The van der Waals surface area contributed by atoms with Crippen molar-refractivity contribution in [2.75, 3.05) is 26.2 Å². The van der Waals surface area contributed by atoms with Crippen LogP contribution in [0.3, 0.4) is 0 Å². The third-order valence-electron chi connectivity index (χ3n) is 3.92. The Kier molecular flexibility index (Phi) is 4.68. The highest BCUT2D eigenvalue weighted by molar-refractivity contribution is 7.10. The van der Waals surface area contributed by atoms with Gasteiger partial charge < -0.3 is 5.32 Å². The summed E-state index contributed by atoms with van der Waals surface area (Å²) < 4.78 is 13.7. The van der Waals surface area contributed by atoms with Crippen molar-refractivity contribution in [3.8, 4) is 0 Å². The number of halogens is 1. The Labute approximate surface area is 129 Å². The molecule has 0 aliphatic carbocycles. The van der Waals surface area contributed by atoms with Crippen molar-refractivity contribution in [2.24, 2.45) is 0 Å². The first-order chi connectivity index (χ1) is 10.2. The van der Waals surface area contributed by atoms with Crippen LogP contribution in [0, 0.1) is 12.7 Å². The molecule has 1 fully saturated rings. The Balaban J connectivity index is 1.97. The lowest BCUT2D eigenvalue weighted by molar-refractivity contribution is 0.243. The number of hydrogen-bond acceptors (Lipinski definition) is 3. The Morgan fingerprint density at radius 2 is 2.14 bits per heavy atom. The molecule has 1 aliphatic heterocycles. The maximum absolute atomic E-state index is 13.7. The molecule has 1 N–H and O–H groups in total. The van der Waals surface area contributed by atoms with Crippen LogP contribution in [0.15, 0.2) is 35.7 Å². The highest BCUT2D eigenvalue weighted by Gasteiger charge is 2.24. The van der Waals surface area contributed by atoms with Gasteiger partial charge in [0.15, 0.2) is 0 Å². The molecule has 0 spiro atoms. The monoisotopic (exact) mass is 304 g/mol. The standard InChI is InChI=1S/C17H21FN2S/c1-13-10-16(21-12-13)17(14-4-2-5-15(18)11-14)20-8-3-6-19-7-9-20/h2,4-5,10-12,17,19H,3,6-9H2,1H3. The summed E-state index contributed by atoms with van der Waals surface area (Å²) in [5.41, 5.74) is 2.34. The van der Waals surface area contributed by atoms with Crippen LogP contribution in [0.1, 0.15) is 28.5 Å². The third-order valence-corrected chi connectivity index (χ3v) is 5.03. The van der Waals surface area contributed by atoms with Crippen LogP contribution >= 0.6 is 11.3 Å². The van der Waals surface area contributed by atoms with Gasteiger partial charge in [-0.3, -0.25) is 4.90 Å². The van der Waals surface area contributed by atoms with Gasteiger partial charge in [0.05, 0.1) is 6.04 Å². The second kappa shape index (κ2) is 6.69. The second-order valence-corrected chi connectivity index (χ2v) is 6.57. The molecule has 3 rings (SSSR count). The normalized spacial score (nSPS) is 18.4. The third kappa shape index (κ3) is 3.51. The van der Waals surface area contributed by atoms with Gasteiger partial charge in [-0.1, -0.05) is 12.1 Å². The molecule has 1 atom stereocenters. The molecule has 0 radical (unpaired) electrons. The van der Waals surface area contributed by atoms with Gasteiger partial charge in [-0.2, -0.15) is 0 Å². The average molecular weight is 304 g/mol. The van der Waals surface area contributed by atoms with Crippen molar-refractivity contribution in [1.29, 1.82) is 0 Å². The lowest BCUT2D eigenvalue weighted by Gasteiger charge is -2.30. The Bertz CT molecular complexity index is 588. The number of rotatable bonds is 3. The van der Waals surface area contributed by atoms with Crippen molar-refractivity contribution in [3.05, 3.63) is 57.5 Å². The Morgan fingerprint density at radius 3 is 2.90 bits per heavy atom. The fourth-order valence-electron chi connectivity index (χ4n) is 2.95. The van der Waals surface area contributed by atoms with Crippen molar-refractivity contribution in [3.63, 3.8) is 0 Å². The largest absolute Gasteiger partial charge is 0.315 e. The quantitative estimate of drug-likeness (QED) is 0.932. The van der Waals surface area contributed by atoms with E-state index in [1.807, 2.05) is 12.1 Å². The van der Waals surface area contributed by atoms with Gasteiger partial charge in [-0.25, -0.2) is 4.39 Å². The van der Waals surface area contributed by atoms with Gasteiger partial charge in [0, 0.05) is 24.5 Å². The summed E-state index contributed by atoms with van der Waals surface area (Å²) >= 11 is 1.77. The molecule has 0 amide bonds. The lowest BCUT2D eigenvalue weighted by atomic mass is 10.0. The molecule has 2 aromatic rings. The highest BCUT2D eigenvalue weighted by atomic mass is 32.1. The van der Waals surface area contributed by atoms with E-state index in [2.05, 4.69) is 28.6 Å². The molecule has 1 aromatic carbocycles. The molecule has 2 nitrogen and oxygen atoms in total. The van der Waals surface area contributed by atoms with Crippen molar-refractivity contribution in [1.82, 2.24) is 10.2 Å². The van der Waals surface area contributed by atoms with Crippen molar-refractivity contribution < 1.29 is 4.39 Å². The van der Waals surface area contributed by atoms with Crippen LogP contribution in [0.5, 0.6) is 0 Å². The molecule has 4 heteroatoms. The highest BCUT2D eigenvalue weighted by Crippen LogP contribution is 2.33. The van der Waals surface area contributed by atoms with E-state index in [0.717, 1.165) is 38.2 Å². The number of aryl methyl sites for hydroxylation is 1. The minimum absolute atomic E-state index is 0.154. The summed E-state index contributed by atoms with van der Waals surface area (Å²) in [5.74, 6) is -0.154. The van der Waals surface area contributed by atoms with Gasteiger partial charge in [-0.15, -0.1) is 11.3 Å². The van der Waals surface area contributed by atoms with Crippen LogP contribution in [-0.4, -0.2) is 31.1 Å². The van der Waals surface area contributed by atoms with Crippen LogP contribution in [-0.2, 0) is 0 Å². The predicted octanol–water partition coefficient (Wildman–Crippen LogP) is 3.58. The van der Waals surface area contributed by atoms with E-state index >= 15 is 0 Å². The van der Waals surface area contributed by atoms with Crippen LogP contribution in [0.25, 0.3) is 0 Å². The minimum Gasteiger partial charge on any atom is -0.315 e. The molecule has 1 aliphatic rings. The number of benzene rings is 1. The SMILES string of the molecule is Cc1csc(C(c2cccc(F)c2)N2CCCNCC2)c1. The number of thiophene rings is 1. The fraction of sp³-hybridized carbons (Fsp3) is 0.412. The first-order valence-corrected chi connectivity index (χ1v) is 8.37. The fourth-order valence-corrected chi connectivity index (χ4v) is 4.01. The molecule has 1 saturated heterocycles. The van der Waals surface area contributed by atoms with Gasteiger partial charge in [0.25, 0.3) is 0 Å². The molecular formula is C17H21FN2S. The van der Waals surface area contributed by atoms with E-state index in [1.165, 1.54) is 16.5 Å². The smallest absolute Gasteiger partial charge is 0.123 e. The molecule has 2 heterocycles. The molecule has 0 saturated carbocycles. The minimum atomic E-state index is -0.154. The van der Waals surface area contributed by atoms with E-state index in [1.54, 1.807) is 17.4 Å². The van der Waals surface area contributed by atoms with E-state index in [-0.39, 0.29) is 11.9 Å². The van der Waals surface area contributed by atoms with Crippen LogP contribution in [0.4, 0.5) is 4.39 Å². The summed E-state index contributed by atoms with van der Waals surface area (Å²) in [6, 6.07) is 9.45. The zero-order valence-corrected chi connectivity index (χ0v) is 13.1. The molecule has 112 valence electrons. The van der Waals surface area contributed by atoms with Crippen molar-refractivity contribution >= 4 is 11.3 Å². The zero-order chi connectivity index (χ0) is 14.7. The summed E-state index contributed by atoms with van der Waals surface area (Å²) in [7, 11) is 0. The van der Waals surface area contributed by atoms with Gasteiger partial charge >= 0.3 is 0 Å². The van der Waals surface area contributed by atoms with E-state index < -0.39 is 0 Å². The first-order valence-electron chi connectivity index (χ1n) is 7.49. The topological polar surface area (TPSA) is 15.3 Å². The first kappa shape index (κ1) is 14.7. The maximum Gasteiger partial charge on any atom is 0.123 e. The molecular weight excluding hydrogens is 283 g/mol. The van der Waals surface area contributed by atoms with Gasteiger partial charge in [-0.05, 0) is 54.6 Å².